The normalized spacial score (nSPS) is 13.9. The second kappa shape index (κ2) is 9.17. The van der Waals surface area contributed by atoms with Crippen molar-refractivity contribution in [2.75, 3.05) is 12.0 Å². The van der Waals surface area contributed by atoms with Crippen molar-refractivity contribution in [3.05, 3.63) is 115 Å². The van der Waals surface area contributed by atoms with Crippen LogP contribution in [0.25, 0.3) is 0 Å². The molecule has 4 aromatic rings. The molecule has 2 amide bonds. The fraction of sp³-hybridized carbons (Fsp3) is 0.0690. The lowest BCUT2D eigenvalue weighted by atomic mass is 10.3. The number of benzene rings is 4. The van der Waals surface area contributed by atoms with E-state index in [-0.39, 0.29) is 18.2 Å². The molecule has 1 heterocycles. The van der Waals surface area contributed by atoms with Crippen LogP contribution in [0.2, 0.25) is 0 Å². The van der Waals surface area contributed by atoms with E-state index in [9.17, 15) is 9.59 Å². The van der Waals surface area contributed by atoms with Gasteiger partial charge in [0.15, 0.2) is 0 Å². The molecule has 4 nitrogen and oxygen atoms in total. The highest BCUT2D eigenvalue weighted by Gasteiger charge is 2.43. The van der Waals surface area contributed by atoms with Gasteiger partial charge in [0.05, 0.1) is 19.2 Å². The van der Waals surface area contributed by atoms with E-state index in [0.717, 1.165) is 15.9 Å². The van der Waals surface area contributed by atoms with Gasteiger partial charge in [0, 0.05) is 11.4 Å². The molecule has 0 aromatic heterocycles. The second-order valence-electron chi connectivity index (χ2n) is 8.04. The lowest BCUT2D eigenvalue weighted by molar-refractivity contribution is -0.120. The van der Waals surface area contributed by atoms with Gasteiger partial charge in [-0.15, -0.1) is 0 Å². The van der Waals surface area contributed by atoms with Crippen LogP contribution in [-0.4, -0.2) is 24.2 Å². The molecular weight excluding hydrogens is 441 g/mol. The summed E-state index contributed by atoms with van der Waals surface area (Å²) < 4.78 is 5.34. The molecule has 5 rings (SSSR count). The van der Waals surface area contributed by atoms with E-state index in [0.29, 0.717) is 16.7 Å². The zero-order valence-corrected chi connectivity index (χ0v) is 19.7. The smallest absolute Gasteiger partial charge is 0.262 e. The minimum Gasteiger partial charge on any atom is -0.497 e. The third kappa shape index (κ3) is 3.57. The molecule has 0 bridgehead atoms. The molecule has 1 aliphatic rings. The van der Waals surface area contributed by atoms with Crippen LogP contribution in [0, 0.1) is 0 Å². The van der Waals surface area contributed by atoms with Gasteiger partial charge in [-0.25, -0.2) is 4.90 Å². The zero-order valence-electron chi connectivity index (χ0n) is 18.8. The van der Waals surface area contributed by atoms with Crippen LogP contribution in [0.4, 0.5) is 5.69 Å². The van der Waals surface area contributed by atoms with E-state index in [4.69, 9.17) is 4.74 Å². The maximum absolute atomic E-state index is 14.1. The number of carbonyl (C=O) groups excluding carboxylic acids is 2. The molecule has 4 aromatic carbocycles. The van der Waals surface area contributed by atoms with Crippen molar-refractivity contribution in [3.63, 3.8) is 0 Å². The first-order valence-corrected chi connectivity index (χ1v) is 12.9. The Labute approximate surface area is 199 Å². The molecule has 0 aliphatic carbocycles. The lowest BCUT2D eigenvalue weighted by Gasteiger charge is -2.31. The summed E-state index contributed by atoms with van der Waals surface area (Å²) in [6.07, 6.45) is 0.0719. The molecule has 1 fully saturated rings. The maximum atomic E-state index is 14.1. The number of nitrogens with zero attached hydrogens (tertiary/aromatic N) is 1. The van der Waals surface area contributed by atoms with Crippen molar-refractivity contribution in [3.8, 4) is 5.75 Å². The number of amides is 2. The predicted octanol–water partition coefficient (Wildman–Crippen LogP) is 4.13. The topological polar surface area (TPSA) is 46.6 Å². The Kier molecular flexibility index (Phi) is 5.91. The van der Waals surface area contributed by atoms with Gasteiger partial charge in [-0.2, -0.15) is 0 Å². The number of rotatable bonds is 5. The molecular formula is C29H24NO3P. The Morgan fingerprint density at radius 1 is 0.676 bits per heavy atom. The molecule has 0 unspecified atom stereocenters. The Hall–Kier alpha value is -3.88. The van der Waals surface area contributed by atoms with E-state index in [2.05, 4.69) is 36.4 Å². The maximum Gasteiger partial charge on any atom is 0.262 e. The first-order valence-electron chi connectivity index (χ1n) is 11.1. The number of hydrogen-bond acceptors (Lipinski definition) is 3. The van der Waals surface area contributed by atoms with Crippen LogP contribution >= 0.6 is 6.89 Å². The number of carbonyl (C=O) groups is 2. The number of methoxy groups -OCH3 is 1. The van der Waals surface area contributed by atoms with Crippen LogP contribution < -0.4 is 25.6 Å². The van der Waals surface area contributed by atoms with Gasteiger partial charge in [-0.3, -0.25) is 9.59 Å². The summed E-state index contributed by atoms with van der Waals surface area (Å²) in [5.41, 5.74) is 0.525. The zero-order chi connectivity index (χ0) is 23.5. The quantitative estimate of drug-likeness (QED) is 0.329. The highest BCUT2D eigenvalue weighted by Crippen LogP contribution is 2.48. The van der Waals surface area contributed by atoms with Crippen molar-refractivity contribution in [1.29, 1.82) is 0 Å². The van der Waals surface area contributed by atoms with Gasteiger partial charge in [-0.1, -0.05) is 97.1 Å². The van der Waals surface area contributed by atoms with Gasteiger partial charge in [0.2, 0.25) is 5.91 Å². The van der Waals surface area contributed by atoms with E-state index in [1.54, 1.807) is 31.4 Å². The van der Waals surface area contributed by atoms with Crippen LogP contribution in [0.15, 0.2) is 115 Å². The average molecular weight is 465 g/mol. The molecule has 168 valence electrons. The Morgan fingerprint density at radius 3 is 1.65 bits per heavy atom. The van der Waals surface area contributed by atoms with Crippen LogP contribution in [-0.2, 0) is 9.59 Å². The number of hydrogen-bond donors (Lipinski definition) is 0. The third-order valence-corrected chi connectivity index (χ3v) is 10.5. The highest BCUT2D eigenvalue weighted by molar-refractivity contribution is 7.96. The minimum absolute atomic E-state index is 0.0719. The standard InChI is InChI=1S/C29H24NO3P/c1-33-23-13-11-12-22(20-23)30-28(31)21-27(29(30)32)34(24-14-5-2-6-15-24,25-16-7-3-8-17-25)26-18-9-4-10-19-26/h2-20H,21H2,1H3. The molecule has 1 saturated heterocycles. The molecule has 0 atom stereocenters. The molecule has 0 saturated carbocycles. The minimum atomic E-state index is -2.60. The fourth-order valence-electron chi connectivity index (χ4n) is 4.68. The van der Waals surface area contributed by atoms with E-state index in [1.165, 1.54) is 4.90 Å². The van der Waals surface area contributed by atoms with E-state index in [1.807, 2.05) is 54.6 Å². The summed E-state index contributed by atoms with van der Waals surface area (Å²) in [5.74, 6) is 0.130. The summed E-state index contributed by atoms with van der Waals surface area (Å²) in [4.78, 5) is 28.8. The van der Waals surface area contributed by atoms with Gasteiger partial charge >= 0.3 is 0 Å². The van der Waals surface area contributed by atoms with Crippen LogP contribution in [0.1, 0.15) is 6.42 Å². The molecule has 0 N–H and O–H groups in total. The Morgan fingerprint density at radius 2 is 1.18 bits per heavy atom. The van der Waals surface area contributed by atoms with Gasteiger partial charge in [0.1, 0.15) is 5.75 Å². The molecule has 34 heavy (non-hydrogen) atoms. The van der Waals surface area contributed by atoms with Crippen molar-refractivity contribution in [1.82, 2.24) is 0 Å². The molecule has 5 heteroatoms. The number of ether oxygens (including phenoxy) is 1. The summed E-state index contributed by atoms with van der Waals surface area (Å²) in [7, 11) is 1.57. The summed E-state index contributed by atoms with van der Waals surface area (Å²) in [5, 5.41) is 3.80. The second-order valence-corrected chi connectivity index (χ2v) is 11.5. The predicted molar refractivity (Wildman–Crippen MR) is 140 cm³/mol. The Bertz CT molecular complexity index is 1300. The fourth-order valence-corrected chi connectivity index (χ4v) is 9.13. The average Bonchev–Trinajstić information content (AvgIpc) is 3.20. The molecule has 0 spiro atoms. The first-order chi connectivity index (χ1) is 16.7. The van der Waals surface area contributed by atoms with E-state index < -0.39 is 6.89 Å². The highest BCUT2D eigenvalue weighted by atomic mass is 31.2. The largest absolute Gasteiger partial charge is 0.497 e. The number of anilines is 1. The molecule has 1 aliphatic heterocycles. The van der Waals surface area contributed by atoms with Crippen LogP contribution in [0.5, 0.6) is 5.75 Å². The SMILES string of the molecule is COc1cccc(N2C(=O)CC(=P(c3ccccc3)(c3ccccc3)c3ccccc3)C2=O)c1. The third-order valence-electron chi connectivity index (χ3n) is 6.16. The monoisotopic (exact) mass is 465 g/mol. The summed E-state index contributed by atoms with van der Waals surface area (Å²) >= 11 is 0. The van der Waals surface area contributed by atoms with Crippen LogP contribution in [0.3, 0.4) is 0 Å². The first kappa shape index (κ1) is 21.9. The van der Waals surface area contributed by atoms with Crippen molar-refractivity contribution in [2.45, 2.75) is 6.42 Å². The van der Waals surface area contributed by atoms with Gasteiger partial charge < -0.3 is 4.74 Å². The lowest BCUT2D eigenvalue weighted by Crippen LogP contribution is -2.35. The summed E-state index contributed by atoms with van der Waals surface area (Å²) in [6, 6.07) is 37.5. The van der Waals surface area contributed by atoms with E-state index >= 15 is 0 Å². The number of imide groups is 1. The van der Waals surface area contributed by atoms with Gasteiger partial charge in [0.25, 0.3) is 5.91 Å². The van der Waals surface area contributed by atoms with Crippen molar-refractivity contribution >= 4 is 45.6 Å². The van der Waals surface area contributed by atoms with Crippen molar-refractivity contribution < 1.29 is 14.3 Å². The van der Waals surface area contributed by atoms with Gasteiger partial charge in [-0.05, 0) is 34.9 Å². The summed E-state index contributed by atoms with van der Waals surface area (Å²) in [6.45, 7) is -2.60. The van der Waals surface area contributed by atoms with Crippen molar-refractivity contribution in [2.24, 2.45) is 0 Å². The molecule has 0 radical (unpaired) electrons. The Balaban J connectivity index is 1.86.